The molecule has 2 rings (SSSR count). The summed E-state index contributed by atoms with van der Waals surface area (Å²) in [6.07, 6.45) is -0.0307. The van der Waals surface area contributed by atoms with Crippen LogP contribution in [0.25, 0.3) is 0 Å². The quantitative estimate of drug-likeness (QED) is 0.729. The number of nitrogens with zero attached hydrogens (tertiary/aromatic N) is 1. The van der Waals surface area contributed by atoms with Gasteiger partial charge in [-0.05, 0) is 31.2 Å². The Balaban J connectivity index is 1.76. The normalized spacial score (nSPS) is 19.2. The molecule has 0 bridgehead atoms. The van der Waals surface area contributed by atoms with E-state index in [1.165, 1.54) is 0 Å². The molecule has 0 aromatic heterocycles. The standard InChI is InChI=1S/C15H20BrNO4/c1-2-19-15(18)10-17-7-8-20-14(9-17)11-21-13-5-3-12(16)4-6-13/h3-6,14H,2,7-11H2,1H3/t14-/m1/s1. The van der Waals surface area contributed by atoms with E-state index in [0.717, 1.165) is 16.8 Å². The number of hydrogen-bond acceptors (Lipinski definition) is 5. The second-order valence-corrected chi connectivity index (χ2v) is 5.71. The summed E-state index contributed by atoms with van der Waals surface area (Å²) in [6.45, 7) is 5.04. The van der Waals surface area contributed by atoms with Crippen molar-refractivity contribution in [1.82, 2.24) is 4.90 Å². The molecule has 1 aromatic rings. The topological polar surface area (TPSA) is 48.0 Å². The molecule has 0 amide bonds. The van der Waals surface area contributed by atoms with Gasteiger partial charge in [0.05, 0.1) is 19.8 Å². The van der Waals surface area contributed by atoms with Crippen molar-refractivity contribution >= 4 is 21.9 Å². The highest BCUT2D eigenvalue weighted by Crippen LogP contribution is 2.17. The third-order valence-electron chi connectivity index (χ3n) is 3.13. The summed E-state index contributed by atoms with van der Waals surface area (Å²) >= 11 is 3.39. The average molecular weight is 358 g/mol. The van der Waals surface area contributed by atoms with Crippen molar-refractivity contribution in [3.8, 4) is 5.75 Å². The number of ether oxygens (including phenoxy) is 3. The monoisotopic (exact) mass is 357 g/mol. The number of halogens is 1. The molecule has 116 valence electrons. The van der Waals surface area contributed by atoms with E-state index in [9.17, 15) is 4.79 Å². The van der Waals surface area contributed by atoms with Crippen LogP contribution in [0.3, 0.4) is 0 Å². The maximum atomic E-state index is 11.5. The first kappa shape index (κ1) is 16.3. The van der Waals surface area contributed by atoms with E-state index in [4.69, 9.17) is 14.2 Å². The number of carbonyl (C=O) groups excluding carboxylic acids is 1. The lowest BCUT2D eigenvalue weighted by Gasteiger charge is -2.31. The Morgan fingerprint density at radius 3 is 2.90 bits per heavy atom. The van der Waals surface area contributed by atoms with Gasteiger partial charge in [0.25, 0.3) is 0 Å². The summed E-state index contributed by atoms with van der Waals surface area (Å²) in [5, 5.41) is 0. The molecule has 0 radical (unpaired) electrons. The lowest BCUT2D eigenvalue weighted by atomic mass is 10.3. The second-order valence-electron chi connectivity index (χ2n) is 4.80. The van der Waals surface area contributed by atoms with Crippen molar-refractivity contribution in [2.75, 3.05) is 39.5 Å². The summed E-state index contributed by atoms with van der Waals surface area (Å²) < 4.78 is 17.4. The van der Waals surface area contributed by atoms with Gasteiger partial charge in [-0.3, -0.25) is 9.69 Å². The van der Waals surface area contributed by atoms with Crippen molar-refractivity contribution in [1.29, 1.82) is 0 Å². The van der Waals surface area contributed by atoms with Gasteiger partial charge >= 0.3 is 5.97 Å². The molecule has 0 spiro atoms. The highest BCUT2D eigenvalue weighted by atomic mass is 79.9. The number of hydrogen-bond donors (Lipinski definition) is 0. The molecule has 0 unspecified atom stereocenters. The second kappa shape index (κ2) is 8.36. The zero-order valence-corrected chi connectivity index (χ0v) is 13.7. The maximum absolute atomic E-state index is 11.5. The first-order chi connectivity index (χ1) is 10.2. The predicted octanol–water partition coefficient (Wildman–Crippen LogP) is 2.09. The van der Waals surface area contributed by atoms with Gasteiger partial charge in [0.2, 0.25) is 0 Å². The van der Waals surface area contributed by atoms with E-state index in [-0.39, 0.29) is 12.1 Å². The van der Waals surface area contributed by atoms with Gasteiger partial charge in [-0.2, -0.15) is 0 Å². The minimum absolute atomic E-state index is 0.0307. The highest BCUT2D eigenvalue weighted by molar-refractivity contribution is 9.10. The number of esters is 1. The molecule has 6 heteroatoms. The van der Waals surface area contributed by atoms with Crippen LogP contribution >= 0.6 is 15.9 Å². The summed E-state index contributed by atoms with van der Waals surface area (Å²) in [5.41, 5.74) is 0. The molecular formula is C15H20BrNO4. The molecule has 1 aliphatic heterocycles. The van der Waals surface area contributed by atoms with E-state index < -0.39 is 0 Å². The average Bonchev–Trinajstić information content (AvgIpc) is 2.47. The van der Waals surface area contributed by atoms with Crippen LogP contribution in [-0.2, 0) is 14.3 Å². The van der Waals surface area contributed by atoms with Gasteiger partial charge in [0, 0.05) is 17.6 Å². The Hall–Kier alpha value is -1.11. The number of rotatable bonds is 6. The van der Waals surface area contributed by atoms with Gasteiger partial charge in [0.1, 0.15) is 18.5 Å². The number of morpholine rings is 1. The van der Waals surface area contributed by atoms with Crippen molar-refractivity contribution in [2.45, 2.75) is 13.0 Å². The lowest BCUT2D eigenvalue weighted by molar-refractivity contribution is -0.146. The van der Waals surface area contributed by atoms with Gasteiger partial charge in [-0.25, -0.2) is 0 Å². The minimum Gasteiger partial charge on any atom is -0.491 e. The van der Waals surface area contributed by atoms with E-state index in [1.54, 1.807) is 0 Å². The third kappa shape index (κ3) is 5.65. The van der Waals surface area contributed by atoms with Crippen molar-refractivity contribution < 1.29 is 19.0 Å². The molecule has 1 saturated heterocycles. The van der Waals surface area contributed by atoms with E-state index in [2.05, 4.69) is 15.9 Å². The van der Waals surface area contributed by atoms with Crippen LogP contribution in [0.15, 0.2) is 28.7 Å². The molecule has 21 heavy (non-hydrogen) atoms. The molecular weight excluding hydrogens is 338 g/mol. The largest absolute Gasteiger partial charge is 0.491 e. The molecule has 1 aliphatic rings. The molecule has 1 aromatic carbocycles. The summed E-state index contributed by atoms with van der Waals surface area (Å²) in [4.78, 5) is 13.5. The Morgan fingerprint density at radius 1 is 1.43 bits per heavy atom. The number of benzene rings is 1. The SMILES string of the molecule is CCOC(=O)CN1CCO[C@@H](COc2ccc(Br)cc2)C1. The van der Waals surface area contributed by atoms with E-state index >= 15 is 0 Å². The van der Waals surface area contributed by atoms with Crippen LogP contribution in [0, 0.1) is 0 Å². The number of carbonyl (C=O) groups is 1. The van der Waals surface area contributed by atoms with Gasteiger partial charge in [0.15, 0.2) is 0 Å². The minimum atomic E-state index is -0.188. The highest BCUT2D eigenvalue weighted by Gasteiger charge is 2.23. The van der Waals surface area contributed by atoms with Crippen LogP contribution in [0.4, 0.5) is 0 Å². The first-order valence-corrected chi connectivity index (χ1v) is 7.84. The smallest absolute Gasteiger partial charge is 0.320 e. The Kier molecular flexibility index (Phi) is 6.48. The predicted molar refractivity (Wildman–Crippen MR) is 82.5 cm³/mol. The third-order valence-corrected chi connectivity index (χ3v) is 3.66. The van der Waals surface area contributed by atoms with Crippen molar-refractivity contribution in [3.63, 3.8) is 0 Å². The molecule has 0 aliphatic carbocycles. The van der Waals surface area contributed by atoms with Crippen LogP contribution in [0.2, 0.25) is 0 Å². The zero-order valence-electron chi connectivity index (χ0n) is 12.1. The van der Waals surface area contributed by atoms with Crippen LogP contribution in [0.1, 0.15) is 6.92 Å². The maximum Gasteiger partial charge on any atom is 0.320 e. The summed E-state index contributed by atoms with van der Waals surface area (Å²) in [5.74, 6) is 0.622. The fraction of sp³-hybridized carbons (Fsp3) is 0.533. The Bertz CT molecular complexity index is 451. The van der Waals surface area contributed by atoms with Crippen molar-refractivity contribution in [3.05, 3.63) is 28.7 Å². The fourth-order valence-corrected chi connectivity index (χ4v) is 2.40. The Morgan fingerprint density at radius 2 is 2.19 bits per heavy atom. The van der Waals surface area contributed by atoms with Crippen LogP contribution in [-0.4, -0.2) is 56.4 Å². The Labute approximate surface area is 133 Å². The summed E-state index contributed by atoms with van der Waals surface area (Å²) in [7, 11) is 0. The molecule has 1 atom stereocenters. The molecule has 5 nitrogen and oxygen atoms in total. The molecule has 1 fully saturated rings. The van der Waals surface area contributed by atoms with Crippen LogP contribution in [0.5, 0.6) is 5.75 Å². The zero-order chi connectivity index (χ0) is 15.1. The molecule has 0 N–H and O–H groups in total. The fourth-order valence-electron chi connectivity index (χ4n) is 2.13. The van der Waals surface area contributed by atoms with E-state index in [0.29, 0.717) is 32.9 Å². The van der Waals surface area contributed by atoms with Crippen LogP contribution < -0.4 is 4.74 Å². The van der Waals surface area contributed by atoms with Gasteiger partial charge in [-0.1, -0.05) is 15.9 Å². The lowest BCUT2D eigenvalue weighted by Crippen LogP contribution is -2.47. The van der Waals surface area contributed by atoms with E-state index in [1.807, 2.05) is 36.1 Å². The van der Waals surface area contributed by atoms with Crippen molar-refractivity contribution in [2.24, 2.45) is 0 Å². The van der Waals surface area contributed by atoms with Gasteiger partial charge in [-0.15, -0.1) is 0 Å². The first-order valence-electron chi connectivity index (χ1n) is 7.05. The van der Waals surface area contributed by atoms with Gasteiger partial charge < -0.3 is 14.2 Å². The molecule has 1 heterocycles. The molecule has 0 saturated carbocycles. The summed E-state index contributed by atoms with van der Waals surface area (Å²) in [6, 6.07) is 7.68.